The second kappa shape index (κ2) is 7.65. The molecule has 0 radical (unpaired) electrons. The molecule has 1 aliphatic carbocycles. The Kier molecular flexibility index (Phi) is 4.81. The van der Waals surface area contributed by atoms with E-state index < -0.39 is 5.97 Å². The minimum atomic E-state index is -0.817. The van der Waals surface area contributed by atoms with Gasteiger partial charge in [-0.3, -0.25) is 4.79 Å². The van der Waals surface area contributed by atoms with E-state index in [2.05, 4.69) is 19.1 Å². The fourth-order valence-corrected chi connectivity index (χ4v) is 4.77. The summed E-state index contributed by atoms with van der Waals surface area (Å²) in [4.78, 5) is 11.1. The van der Waals surface area contributed by atoms with E-state index in [0.717, 1.165) is 40.8 Å². The van der Waals surface area contributed by atoms with Gasteiger partial charge in [0, 0.05) is 17.5 Å². The van der Waals surface area contributed by atoms with Crippen LogP contribution < -0.4 is 9.47 Å². The van der Waals surface area contributed by atoms with E-state index >= 15 is 0 Å². The second-order valence-corrected chi connectivity index (χ2v) is 8.32. The molecule has 5 rings (SSSR count). The fourth-order valence-electron chi connectivity index (χ4n) is 4.77. The number of carbonyl (C=O) groups is 1. The summed E-state index contributed by atoms with van der Waals surface area (Å²) in [5.74, 6) is 0.782. The molecule has 1 aliphatic heterocycles. The number of aliphatic carboxylic acids is 1. The predicted molar refractivity (Wildman–Crippen MR) is 117 cm³/mol. The average Bonchev–Trinajstić information content (AvgIpc) is 3.33. The minimum Gasteiger partial charge on any atom is -0.508 e. The quantitative estimate of drug-likeness (QED) is 0.584. The largest absolute Gasteiger partial charge is 0.508 e. The van der Waals surface area contributed by atoms with E-state index in [0.29, 0.717) is 12.4 Å². The molecule has 2 atom stereocenters. The highest BCUT2D eigenvalue weighted by molar-refractivity contribution is 5.74. The molecule has 2 unspecified atom stereocenters. The summed E-state index contributed by atoms with van der Waals surface area (Å²) in [5, 5.41) is 19.0. The van der Waals surface area contributed by atoms with Gasteiger partial charge in [-0.1, -0.05) is 30.3 Å². The third-order valence-electron chi connectivity index (χ3n) is 6.29. The van der Waals surface area contributed by atoms with Crippen LogP contribution in [0.2, 0.25) is 0 Å². The van der Waals surface area contributed by atoms with Crippen LogP contribution in [0, 0.1) is 6.92 Å². The Morgan fingerprint density at radius 2 is 1.97 bits per heavy atom. The van der Waals surface area contributed by atoms with E-state index in [4.69, 9.17) is 14.6 Å². The number of benzene rings is 3. The summed E-state index contributed by atoms with van der Waals surface area (Å²) < 4.78 is 12.1. The molecule has 3 aromatic rings. The van der Waals surface area contributed by atoms with E-state index in [1.165, 1.54) is 11.1 Å². The number of phenolic OH excluding ortho intramolecular Hbond substituents is 1. The number of rotatable bonds is 5. The van der Waals surface area contributed by atoms with Crippen molar-refractivity contribution in [3.63, 3.8) is 0 Å². The lowest BCUT2D eigenvalue weighted by Gasteiger charge is -2.17. The third kappa shape index (κ3) is 3.61. The zero-order valence-electron chi connectivity index (χ0n) is 17.3. The molecule has 2 aliphatic rings. The highest BCUT2D eigenvalue weighted by Crippen LogP contribution is 2.43. The second-order valence-electron chi connectivity index (χ2n) is 8.32. The zero-order chi connectivity index (χ0) is 21.5. The smallest absolute Gasteiger partial charge is 0.304 e. The molecule has 0 aromatic heterocycles. The Morgan fingerprint density at radius 1 is 1.10 bits per heavy atom. The highest BCUT2D eigenvalue weighted by atomic mass is 16.5. The van der Waals surface area contributed by atoms with E-state index in [1.54, 1.807) is 6.07 Å². The fraction of sp³-hybridized carbons (Fsp3) is 0.269. The van der Waals surface area contributed by atoms with Crippen LogP contribution in [-0.4, -0.2) is 22.8 Å². The topological polar surface area (TPSA) is 76.0 Å². The van der Waals surface area contributed by atoms with Crippen molar-refractivity contribution >= 4 is 5.97 Å². The standard InChI is InChI=1S/C26H24O5/c1-15-5-6-17(27)12-23(15)20-3-2-4-22-21(20)9-10-24(22)31-18-7-8-19-16(11-26(28)29)14-30-25(19)13-18/h2-8,12-13,16,24,27H,9-11,14H2,1H3,(H,28,29). The van der Waals surface area contributed by atoms with Crippen molar-refractivity contribution in [1.82, 2.24) is 0 Å². The lowest BCUT2D eigenvalue weighted by molar-refractivity contribution is -0.137. The lowest BCUT2D eigenvalue weighted by Crippen LogP contribution is -2.07. The van der Waals surface area contributed by atoms with Crippen LogP contribution in [-0.2, 0) is 11.2 Å². The number of carboxylic acids is 1. The van der Waals surface area contributed by atoms with Gasteiger partial charge in [0.25, 0.3) is 0 Å². The SMILES string of the molecule is Cc1ccc(O)cc1-c1cccc2c1CCC2Oc1ccc2c(c1)OCC2CC(=O)O. The molecule has 158 valence electrons. The monoisotopic (exact) mass is 416 g/mol. The van der Waals surface area contributed by atoms with Gasteiger partial charge in [-0.15, -0.1) is 0 Å². The highest BCUT2D eigenvalue weighted by Gasteiger charge is 2.29. The maximum absolute atomic E-state index is 11.1. The van der Waals surface area contributed by atoms with Crippen molar-refractivity contribution in [1.29, 1.82) is 0 Å². The number of aromatic hydroxyl groups is 1. The Labute approximate surface area is 180 Å². The maximum Gasteiger partial charge on any atom is 0.304 e. The van der Waals surface area contributed by atoms with Crippen molar-refractivity contribution < 1.29 is 24.5 Å². The van der Waals surface area contributed by atoms with E-state index in [9.17, 15) is 9.90 Å². The summed E-state index contributed by atoms with van der Waals surface area (Å²) in [6, 6.07) is 17.4. The molecule has 5 nitrogen and oxygen atoms in total. The third-order valence-corrected chi connectivity index (χ3v) is 6.29. The van der Waals surface area contributed by atoms with Crippen molar-refractivity contribution in [2.75, 3.05) is 6.61 Å². The molecule has 0 saturated carbocycles. The molecule has 0 saturated heterocycles. The van der Waals surface area contributed by atoms with Crippen LogP contribution in [0.3, 0.4) is 0 Å². The van der Waals surface area contributed by atoms with Gasteiger partial charge in [0.05, 0.1) is 13.0 Å². The van der Waals surface area contributed by atoms with Crippen LogP contribution in [0.25, 0.3) is 11.1 Å². The van der Waals surface area contributed by atoms with Gasteiger partial charge < -0.3 is 19.7 Å². The summed E-state index contributed by atoms with van der Waals surface area (Å²) in [6.45, 7) is 2.45. The number of hydrogen-bond acceptors (Lipinski definition) is 4. The number of ether oxygens (including phenoxy) is 2. The zero-order valence-corrected chi connectivity index (χ0v) is 17.3. The molecule has 0 spiro atoms. The first-order valence-electron chi connectivity index (χ1n) is 10.6. The number of phenols is 1. The van der Waals surface area contributed by atoms with Gasteiger partial charge in [-0.25, -0.2) is 0 Å². The van der Waals surface area contributed by atoms with Crippen LogP contribution in [0.15, 0.2) is 54.6 Å². The van der Waals surface area contributed by atoms with Gasteiger partial charge in [0.15, 0.2) is 0 Å². The Hall–Kier alpha value is -3.47. The van der Waals surface area contributed by atoms with Crippen LogP contribution >= 0.6 is 0 Å². The van der Waals surface area contributed by atoms with Gasteiger partial charge in [0.2, 0.25) is 0 Å². The van der Waals surface area contributed by atoms with Crippen LogP contribution in [0.1, 0.15) is 47.1 Å². The van der Waals surface area contributed by atoms with Crippen molar-refractivity contribution in [2.45, 2.75) is 38.2 Å². The number of hydrogen-bond donors (Lipinski definition) is 2. The molecule has 0 bridgehead atoms. The Bertz CT molecular complexity index is 1170. The van der Waals surface area contributed by atoms with Crippen LogP contribution in [0.5, 0.6) is 17.2 Å². The first-order valence-corrected chi connectivity index (χ1v) is 10.6. The molecular weight excluding hydrogens is 392 g/mol. The van der Waals surface area contributed by atoms with Crippen LogP contribution in [0.4, 0.5) is 0 Å². The number of carboxylic acid groups (broad SMARTS) is 1. The van der Waals surface area contributed by atoms with Gasteiger partial charge in [-0.05, 0) is 65.8 Å². The summed E-state index contributed by atoms with van der Waals surface area (Å²) in [7, 11) is 0. The molecule has 0 amide bonds. The van der Waals surface area contributed by atoms with Gasteiger partial charge in [-0.2, -0.15) is 0 Å². The van der Waals surface area contributed by atoms with Crippen molar-refractivity contribution in [3.8, 4) is 28.4 Å². The van der Waals surface area contributed by atoms with E-state index in [-0.39, 0.29) is 24.2 Å². The normalized spacial score (nSPS) is 18.9. The molecule has 2 N–H and O–H groups in total. The lowest BCUT2D eigenvalue weighted by atomic mass is 9.93. The molecule has 0 fully saturated rings. The Balaban J connectivity index is 1.41. The molecule has 31 heavy (non-hydrogen) atoms. The van der Waals surface area contributed by atoms with E-state index in [1.807, 2.05) is 36.4 Å². The first kappa shape index (κ1) is 19.5. The predicted octanol–water partition coefficient (Wildman–Crippen LogP) is 5.38. The molecule has 5 heteroatoms. The molecule has 1 heterocycles. The molecule has 3 aromatic carbocycles. The molecular formula is C26H24O5. The average molecular weight is 416 g/mol. The first-order chi connectivity index (χ1) is 15.0. The van der Waals surface area contributed by atoms with Crippen molar-refractivity contribution in [2.24, 2.45) is 0 Å². The van der Waals surface area contributed by atoms with Crippen molar-refractivity contribution in [3.05, 3.63) is 76.9 Å². The number of fused-ring (bicyclic) bond motifs is 2. The minimum absolute atomic E-state index is 0.0539. The maximum atomic E-state index is 11.1. The summed E-state index contributed by atoms with van der Waals surface area (Å²) >= 11 is 0. The summed E-state index contributed by atoms with van der Waals surface area (Å²) in [5.41, 5.74) is 6.69. The number of aryl methyl sites for hydroxylation is 1. The Morgan fingerprint density at radius 3 is 2.81 bits per heavy atom. The summed E-state index contributed by atoms with van der Waals surface area (Å²) in [6.07, 6.45) is 1.80. The van der Waals surface area contributed by atoms with Gasteiger partial charge >= 0.3 is 5.97 Å². The van der Waals surface area contributed by atoms with Gasteiger partial charge in [0.1, 0.15) is 23.4 Å².